The Morgan fingerprint density at radius 2 is 1.41 bits per heavy atom. The van der Waals surface area contributed by atoms with Gasteiger partial charge in [-0.2, -0.15) is 0 Å². The van der Waals surface area contributed by atoms with Crippen LogP contribution in [0.15, 0.2) is 42.5 Å². The van der Waals surface area contributed by atoms with Gasteiger partial charge in [0.1, 0.15) is 17.5 Å². The van der Waals surface area contributed by atoms with E-state index in [4.69, 9.17) is 0 Å². The molecule has 0 aliphatic carbocycles. The summed E-state index contributed by atoms with van der Waals surface area (Å²) in [5, 5.41) is 0. The fraction of sp³-hybridized carbons (Fsp3) is 0.0769. The number of benzene rings is 2. The second kappa shape index (κ2) is 4.92. The monoisotopic (exact) mass is 300 g/mol. The van der Waals surface area contributed by atoms with Gasteiger partial charge in [-0.1, -0.05) is 34.1 Å². The highest BCUT2D eigenvalue weighted by Crippen LogP contribution is 2.32. The Kier molecular flexibility index (Phi) is 3.52. The molecule has 0 spiro atoms. The third kappa shape index (κ3) is 2.69. The van der Waals surface area contributed by atoms with Crippen molar-refractivity contribution in [2.24, 2.45) is 0 Å². The van der Waals surface area contributed by atoms with E-state index in [0.717, 1.165) is 6.07 Å². The van der Waals surface area contributed by atoms with Crippen molar-refractivity contribution < 1.29 is 13.2 Å². The first-order chi connectivity index (χ1) is 8.08. The Labute approximate surface area is 105 Å². The molecule has 0 aliphatic heterocycles. The van der Waals surface area contributed by atoms with Crippen LogP contribution in [0.1, 0.15) is 16.0 Å². The quantitative estimate of drug-likeness (QED) is 0.712. The van der Waals surface area contributed by atoms with Crippen molar-refractivity contribution >= 4 is 15.9 Å². The molecular formula is C13H8BrF3. The molecule has 0 heterocycles. The number of hydrogen-bond donors (Lipinski definition) is 0. The average Bonchev–Trinajstić information content (AvgIpc) is 2.29. The highest BCUT2D eigenvalue weighted by molar-refractivity contribution is 9.09. The highest BCUT2D eigenvalue weighted by Gasteiger charge is 2.15. The Morgan fingerprint density at radius 1 is 0.824 bits per heavy atom. The summed E-state index contributed by atoms with van der Waals surface area (Å²) in [6.07, 6.45) is 0. The Morgan fingerprint density at radius 3 is 2.00 bits per heavy atom. The number of hydrogen-bond acceptors (Lipinski definition) is 0. The zero-order valence-corrected chi connectivity index (χ0v) is 10.2. The molecule has 0 nitrogen and oxygen atoms in total. The summed E-state index contributed by atoms with van der Waals surface area (Å²) in [7, 11) is 0. The highest BCUT2D eigenvalue weighted by atomic mass is 79.9. The fourth-order valence-electron chi connectivity index (χ4n) is 1.52. The first-order valence-corrected chi connectivity index (χ1v) is 5.84. The van der Waals surface area contributed by atoms with Crippen LogP contribution < -0.4 is 0 Å². The van der Waals surface area contributed by atoms with E-state index >= 15 is 0 Å². The van der Waals surface area contributed by atoms with Gasteiger partial charge in [-0.3, -0.25) is 0 Å². The molecule has 2 aromatic carbocycles. The molecule has 1 unspecified atom stereocenters. The lowest BCUT2D eigenvalue weighted by Gasteiger charge is -2.11. The molecule has 0 amide bonds. The van der Waals surface area contributed by atoms with Gasteiger partial charge >= 0.3 is 0 Å². The van der Waals surface area contributed by atoms with Gasteiger partial charge in [0.25, 0.3) is 0 Å². The summed E-state index contributed by atoms with van der Waals surface area (Å²) in [5.74, 6) is -1.60. The summed E-state index contributed by atoms with van der Waals surface area (Å²) >= 11 is 3.31. The number of rotatable bonds is 2. The first-order valence-electron chi connectivity index (χ1n) is 4.92. The predicted octanol–water partition coefficient (Wildman–Crippen LogP) is 4.59. The Balaban J connectivity index is 2.36. The van der Waals surface area contributed by atoms with E-state index < -0.39 is 16.5 Å². The molecule has 0 aromatic heterocycles. The van der Waals surface area contributed by atoms with Crippen LogP contribution in [0.5, 0.6) is 0 Å². The molecule has 17 heavy (non-hydrogen) atoms. The molecule has 0 fully saturated rings. The maximum absolute atomic E-state index is 13.5. The van der Waals surface area contributed by atoms with Crippen molar-refractivity contribution in [1.29, 1.82) is 0 Å². The van der Waals surface area contributed by atoms with Crippen LogP contribution in [-0.2, 0) is 0 Å². The number of alkyl halides is 1. The maximum atomic E-state index is 13.5. The van der Waals surface area contributed by atoms with Gasteiger partial charge in [0.15, 0.2) is 0 Å². The zero-order chi connectivity index (χ0) is 12.4. The zero-order valence-electron chi connectivity index (χ0n) is 8.63. The normalized spacial score (nSPS) is 12.5. The minimum Gasteiger partial charge on any atom is -0.207 e. The maximum Gasteiger partial charge on any atom is 0.130 e. The third-order valence-electron chi connectivity index (χ3n) is 2.40. The van der Waals surface area contributed by atoms with Crippen molar-refractivity contribution in [2.45, 2.75) is 4.83 Å². The van der Waals surface area contributed by atoms with E-state index in [9.17, 15) is 13.2 Å². The molecule has 0 N–H and O–H groups in total. The summed E-state index contributed by atoms with van der Waals surface area (Å²) < 4.78 is 39.0. The molecule has 0 saturated heterocycles. The van der Waals surface area contributed by atoms with Gasteiger partial charge in [0.2, 0.25) is 0 Å². The van der Waals surface area contributed by atoms with Crippen LogP contribution in [-0.4, -0.2) is 0 Å². The molecule has 0 bridgehead atoms. The molecule has 2 aromatic rings. The lowest BCUT2D eigenvalue weighted by Crippen LogP contribution is -1.97. The predicted molar refractivity (Wildman–Crippen MR) is 63.5 cm³/mol. The average molecular weight is 301 g/mol. The summed E-state index contributed by atoms with van der Waals surface area (Å²) in [5.41, 5.74) is 1.02. The molecule has 0 aliphatic rings. The van der Waals surface area contributed by atoms with Crippen molar-refractivity contribution in [3.8, 4) is 0 Å². The third-order valence-corrected chi connectivity index (χ3v) is 3.42. The number of halogens is 4. The van der Waals surface area contributed by atoms with Crippen LogP contribution in [0.2, 0.25) is 0 Å². The van der Waals surface area contributed by atoms with Gasteiger partial charge in [0.05, 0.1) is 4.83 Å². The second-order valence-corrected chi connectivity index (χ2v) is 4.50. The van der Waals surface area contributed by atoms with Crippen molar-refractivity contribution in [2.75, 3.05) is 0 Å². The second-order valence-electron chi connectivity index (χ2n) is 3.58. The van der Waals surface area contributed by atoms with E-state index in [0.29, 0.717) is 11.1 Å². The first kappa shape index (κ1) is 12.2. The SMILES string of the molecule is Fc1ccc(C(Br)c2ccc(F)cc2F)cc1. The molecule has 0 saturated carbocycles. The van der Waals surface area contributed by atoms with Crippen LogP contribution in [0.25, 0.3) is 0 Å². The van der Waals surface area contributed by atoms with Gasteiger partial charge in [-0.15, -0.1) is 0 Å². The molecule has 4 heteroatoms. The van der Waals surface area contributed by atoms with Gasteiger partial charge in [-0.25, -0.2) is 13.2 Å². The fourth-order valence-corrected chi connectivity index (χ4v) is 2.19. The van der Waals surface area contributed by atoms with Gasteiger partial charge < -0.3 is 0 Å². The molecular weight excluding hydrogens is 293 g/mol. The molecule has 88 valence electrons. The topological polar surface area (TPSA) is 0 Å². The van der Waals surface area contributed by atoms with Crippen LogP contribution >= 0.6 is 15.9 Å². The lowest BCUT2D eigenvalue weighted by molar-refractivity contribution is 0.574. The standard InChI is InChI=1S/C13H8BrF3/c14-13(8-1-3-9(15)4-2-8)11-6-5-10(16)7-12(11)17/h1-7,13H. The van der Waals surface area contributed by atoms with Crippen molar-refractivity contribution in [3.05, 3.63) is 71.0 Å². The Bertz CT molecular complexity index is 523. The summed E-state index contributed by atoms with van der Waals surface area (Å²) in [4.78, 5) is -0.427. The van der Waals surface area contributed by atoms with E-state index in [-0.39, 0.29) is 5.82 Å². The minimum atomic E-state index is -0.629. The van der Waals surface area contributed by atoms with E-state index in [1.807, 2.05) is 0 Å². The largest absolute Gasteiger partial charge is 0.207 e. The van der Waals surface area contributed by atoms with Gasteiger partial charge in [0, 0.05) is 11.6 Å². The van der Waals surface area contributed by atoms with Crippen molar-refractivity contribution in [3.63, 3.8) is 0 Å². The van der Waals surface area contributed by atoms with E-state index in [1.165, 1.54) is 24.3 Å². The lowest BCUT2D eigenvalue weighted by atomic mass is 10.0. The van der Waals surface area contributed by atoms with E-state index in [1.54, 1.807) is 12.1 Å². The van der Waals surface area contributed by atoms with Crippen molar-refractivity contribution in [1.82, 2.24) is 0 Å². The Hall–Kier alpha value is -1.29. The van der Waals surface area contributed by atoms with Crippen LogP contribution in [0, 0.1) is 17.5 Å². The van der Waals surface area contributed by atoms with Crippen LogP contribution in [0.4, 0.5) is 13.2 Å². The molecule has 2 rings (SSSR count). The summed E-state index contributed by atoms with van der Waals surface area (Å²) in [6.45, 7) is 0. The molecule has 1 atom stereocenters. The van der Waals surface area contributed by atoms with E-state index in [2.05, 4.69) is 15.9 Å². The summed E-state index contributed by atoms with van der Waals surface area (Å²) in [6, 6.07) is 9.09. The minimum absolute atomic E-state index is 0.318. The van der Waals surface area contributed by atoms with Gasteiger partial charge in [-0.05, 0) is 23.8 Å². The molecule has 0 radical (unpaired) electrons. The van der Waals surface area contributed by atoms with Crippen LogP contribution in [0.3, 0.4) is 0 Å². The smallest absolute Gasteiger partial charge is 0.130 e.